The third kappa shape index (κ3) is 0.962. The first-order chi connectivity index (χ1) is 5.29. The van der Waals surface area contributed by atoms with Crippen molar-refractivity contribution >= 4 is 0 Å². The molecule has 0 spiro atoms. The normalized spacial score (nSPS) is 23.6. The molecule has 0 bridgehead atoms. The lowest BCUT2D eigenvalue weighted by Gasteiger charge is -2.32. The molecule has 1 nitrogen and oxygen atoms in total. The molecule has 0 heterocycles. The number of hydrogen-bond donors (Lipinski definition) is 1. The van der Waals surface area contributed by atoms with Crippen LogP contribution in [0.4, 0.5) is 0 Å². The van der Waals surface area contributed by atoms with Crippen molar-refractivity contribution in [2.75, 3.05) is 0 Å². The van der Waals surface area contributed by atoms with Crippen LogP contribution < -0.4 is 5.73 Å². The molecule has 0 aliphatic heterocycles. The first kappa shape index (κ1) is 6.86. The summed E-state index contributed by atoms with van der Waals surface area (Å²) in [4.78, 5) is 0. The smallest absolute Gasteiger partial charge is 0.00826 e. The molecular formula is C10H13N. The fraction of sp³-hybridized carbons (Fsp3) is 0.400. The summed E-state index contributed by atoms with van der Waals surface area (Å²) in [5.74, 6) is 0.617. The Balaban J connectivity index is 2.29. The molecule has 0 saturated heterocycles. The predicted octanol–water partition coefficient (Wildman–Crippen LogP) is 1.67. The van der Waals surface area contributed by atoms with Crippen molar-refractivity contribution in [3.63, 3.8) is 0 Å². The Hall–Kier alpha value is -0.820. The van der Waals surface area contributed by atoms with Crippen LogP contribution in [0, 0.1) is 0 Å². The molecule has 2 rings (SSSR count). The average Bonchev–Trinajstić information content (AvgIpc) is 1.90. The van der Waals surface area contributed by atoms with Gasteiger partial charge in [-0.15, -0.1) is 0 Å². The Kier molecular flexibility index (Phi) is 1.46. The standard InChI is InChI=1S/C10H13N/c1-7(11)10-6-8-4-2-3-5-9(8)10/h2-5,7,10H,6,11H2,1H3/t7-,10-/m0/s1. The monoisotopic (exact) mass is 147 g/mol. The van der Waals surface area contributed by atoms with Crippen LogP contribution in [0.15, 0.2) is 24.3 Å². The van der Waals surface area contributed by atoms with E-state index in [9.17, 15) is 0 Å². The van der Waals surface area contributed by atoms with E-state index in [0.717, 1.165) is 0 Å². The van der Waals surface area contributed by atoms with Gasteiger partial charge in [0.1, 0.15) is 0 Å². The van der Waals surface area contributed by atoms with E-state index in [1.54, 1.807) is 0 Å². The SMILES string of the molecule is C[C@H](N)[C@@H]1Cc2ccccc21. The van der Waals surface area contributed by atoms with Crippen LogP contribution in [-0.4, -0.2) is 6.04 Å². The van der Waals surface area contributed by atoms with Gasteiger partial charge in [0.25, 0.3) is 0 Å². The number of rotatable bonds is 1. The third-order valence-electron chi connectivity index (χ3n) is 2.53. The number of benzene rings is 1. The zero-order valence-electron chi connectivity index (χ0n) is 6.75. The molecular weight excluding hydrogens is 134 g/mol. The lowest BCUT2D eigenvalue weighted by atomic mass is 9.74. The van der Waals surface area contributed by atoms with E-state index < -0.39 is 0 Å². The molecule has 0 fully saturated rings. The van der Waals surface area contributed by atoms with Gasteiger partial charge < -0.3 is 5.73 Å². The fourth-order valence-corrected chi connectivity index (χ4v) is 1.77. The molecule has 0 amide bonds. The lowest BCUT2D eigenvalue weighted by molar-refractivity contribution is 0.512. The maximum atomic E-state index is 5.81. The summed E-state index contributed by atoms with van der Waals surface area (Å²) < 4.78 is 0. The Morgan fingerprint density at radius 2 is 2.18 bits per heavy atom. The summed E-state index contributed by atoms with van der Waals surface area (Å²) in [6, 6.07) is 8.87. The van der Waals surface area contributed by atoms with Crippen LogP contribution >= 0.6 is 0 Å². The second-order valence-corrected chi connectivity index (χ2v) is 3.37. The number of nitrogens with two attached hydrogens (primary N) is 1. The fourth-order valence-electron chi connectivity index (χ4n) is 1.77. The Morgan fingerprint density at radius 1 is 1.45 bits per heavy atom. The average molecular weight is 147 g/mol. The highest BCUT2D eigenvalue weighted by Crippen LogP contribution is 2.36. The van der Waals surface area contributed by atoms with Crippen LogP contribution in [0.2, 0.25) is 0 Å². The minimum Gasteiger partial charge on any atom is -0.327 e. The maximum absolute atomic E-state index is 5.81. The lowest BCUT2D eigenvalue weighted by Crippen LogP contribution is -2.32. The molecule has 1 aliphatic carbocycles. The Bertz CT molecular complexity index is 265. The van der Waals surface area contributed by atoms with E-state index in [4.69, 9.17) is 5.73 Å². The zero-order chi connectivity index (χ0) is 7.84. The van der Waals surface area contributed by atoms with Gasteiger partial charge in [-0.2, -0.15) is 0 Å². The number of hydrogen-bond acceptors (Lipinski definition) is 1. The van der Waals surface area contributed by atoms with Gasteiger partial charge in [0, 0.05) is 12.0 Å². The van der Waals surface area contributed by atoms with Crippen molar-refractivity contribution in [2.24, 2.45) is 5.73 Å². The second kappa shape index (κ2) is 2.35. The summed E-state index contributed by atoms with van der Waals surface area (Å²) >= 11 is 0. The second-order valence-electron chi connectivity index (χ2n) is 3.37. The van der Waals surface area contributed by atoms with Gasteiger partial charge in [0.05, 0.1) is 0 Å². The molecule has 0 aromatic heterocycles. The minimum atomic E-state index is 0.310. The summed E-state index contributed by atoms with van der Waals surface area (Å²) in [7, 11) is 0. The molecule has 1 aliphatic rings. The Morgan fingerprint density at radius 3 is 2.82 bits per heavy atom. The topological polar surface area (TPSA) is 26.0 Å². The molecule has 2 N–H and O–H groups in total. The third-order valence-corrected chi connectivity index (χ3v) is 2.53. The van der Waals surface area contributed by atoms with Crippen LogP contribution in [0.3, 0.4) is 0 Å². The molecule has 0 unspecified atom stereocenters. The van der Waals surface area contributed by atoms with Crippen molar-refractivity contribution in [3.05, 3.63) is 35.4 Å². The van der Waals surface area contributed by atoms with Crippen molar-refractivity contribution in [1.82, 2.24) is 0 Å². The van der Waals surface area contributed by atoms with E-state index in [2.05, 4.69) is 31.2 Å². The molecule has 1 heteroatoms. The molecule has 58 valence electrons. The maximum Gasteiger partial charge on any atom is 0.00826 e. The summed E-state index contributed by atoms with van der Waals surface area (Å²) in [5, 5.41) is 0. The highest BCUT2D eigenvalue weighted by Gasteiger charge is 2.27. The molecule has 2 atom stereocenters. The van der Waals surface area contributed by atoms with E-state index in [0.29, 0.717) is 12.0 Å². The zero-order valence-corrected chi connectivity index (χ0v) is 6.75. The molecule has 0 saturated carbocycles. The number of fused-ring (bicyclic) bond motifs is 1. The highest BCUT2D eigenvalue weighted by molar-refractivity contribution is 5.40. The first-order valence-electron chi connectivity index (χ1n) is 4.12. The van der Waals surface area contributed by atoms with Gasteiger partial charge in [0.15, 0.2) is 0 Å². The van der Waals surface area contributed by atoms with Crippen molar-refractivity contribution < 1.29 is 0 Å². The quantitative estimate of drug-likeness (QED) is 0.642. The van der Waals surface area contributed by atoms with Gasteiger partial charge in [-0.1, -0.05) is 24.3 Å². The molecule has 1 aromatic rings. The van der Waals surface area contributed by atoms with Gasteiger partial charge >= 0.3 is 0 Å². The van der Waals surface area contributed by atoms with Crippen LogP contribution in [0.1, 0.15) is 24.0 Å². The van der Waals surface area contributed by atoms with Gasteiger partial charge in [-0.25, -0.2) is 0 Å². The van der Waals surface area contributed by atoms with Crippen molar-refractivity contribution in [2.45, 2.75) is 25.3 Å². The van der Waals surface area contributed by atoms with Gasteiger partial charge in [-0.05, 0) is 24.5 Å². The van der Waals surface area contributed by atoms with Gasteiger partial charge in [0.2, 0.25) is 0 Å². The van der Waals surface area contributed by atoms with E-state index in [1.165, 1.54) is 17.5 Å². The largest absolute Gasteiger partial charge is 0.327 e. The van der Waals surface area contributed by atoms with E-state index in [1.807, 2.05) is 0 Å². The summed E-state index contributed by atoms with van der Waals surface area (Å²) in [6.07, 6.45) is 1.17. The van der Waals surface area contributed by atoms with E-state index in [-0.39, 0.29) is 0 Å². The summed E-state index contributed by atoms with van der Waals surface area (Å²) in [6.45, 7) is 2.08. The van der Waals surface area contributed by atoms with Crippen LogP contribution in [-0.2, 0) is 6.42 Å². The van der Waals surface area contributed by atoms with Gasteiger partial charge in [-0.3, -0.25) is 0 Å². The van der Waals surface area contributed by atoms with Crippen LogP contribution in [0.25, 0.3) is 0 Å². The van der Waals surface area contributed by atoms with Crippen molar-refractivity contribution in [3.8, 4) is 0 Å². The van der Waals surface area contributed by atoms with Crippen LogP contribution in [0.5, 0.6) is 0 Å². The summed E-state index contributed by atoms with van der Waals surface area (Å²) in [5.41, 5.74) is 8.75. The first-order valence-corrected chi connectivity index (χ1v) is 4.12. The molecule has 11 heavy (non-hydrogen) atoms. The van der Waals surface area contributed by atoms with Crippen molar-refractivity contribution in [1.29, 1.82) is 0 Å². The predicted molar refractivity (Wildman–Crippen MR) is 46.5 cm³/mol. The minimum absolute atomic E-state index is 0.310. The Labute approximate surface area is 67.2 Å². The van der Waals surface area contributed by atoms with E-state index >= 15 is 0 Å². The highest BCUT2D eigenvalue weighted by atomic mass is 14.6. The molecule has 0 radical (unpaired) electrons. The molecule has 1 aromatic carbocycles.